The Balaban J connectivity index is 1.28. The van der Waals surface area contributed by atoms with Crippen LogP contribution in [0.4, 0.5) is 5.69 Å². The van der Waals surface area contributed by atoms with Gasteiger partial charge in [-0.25, -0.2) is 0 Å². The van der Waals surface area contributed by atoms with Crippen molar-refractivity contribution in [1.82, 2.24) is 10.2 Å². The number of carbonyl (C=O) groups excluding carboxylic acids is 2. The number of amides is 1. The number of aromatic nitrogens is 2. The molecule has 0 bridgehead atoms. The van der Waals surface area contributed by atoms with Gasteiger partial charge in [-0.3, -0.25) is 9.59 Å². The van der Waals surface area contributed by atoms with Crippen LogP contribution in [-0.2, 0) is 20.7 Å². The second-order valence-electron chi connectivity index (χ2n) is 8.37. The summed E-state index contributed by atoms with van der Waals surface area (Å²) in [4.78, 5) is 29.3. The molecule has 1 aromatic carbocycles. The van der Waals surface area contributed by atoms with Gasteiger partial charge in [0.15, 0.2) is 6.10 Å². The molecule has 1 saturated carbocycles. The molecule has 2 aliphatic rings. The lowest BCUT2D eigenvalue weighted by atomic mass is 9.78. The summed E-state index contributed by atoms with van der Waals surface area (Å²) < 4.78 is 11.4. The third-order valence-electron chi connectivity index (χ3n) is 6.35. The summed E-state index contributed by atoms with van der Waals surface area (Å²) in [6.45, 7) is 2.39. The Hall–Kier alpha value is -3.00. The van der Waals surface area contributed by atoms with Crippen molar-refractivity contribution in [3.8, 4) is 10.8 Å². The number of benzene rings is 1. The minimum absolute atomic E-state index is 0.0297. The largest absolute Gasteiger partial charge is 0.452 e. The molecule has 0 saturated heterocycles. The molecular formula is C24H25N3O4S. The first kappa shape index (κ1) is 20.9. The van der Waals surface area contributed by atoms with Crippen molar-refractivity contribution in [3.05, 3.63) is 53.2 Å². The van der Waals surface area contributed by atoms with E-state index in [0.29, 0.717) is 25.3 Å². The van der Waals surface area contributed by atoms with Gasteiger partial charge in [0, 0.05) is 12.2 Å². The Morgan fingerprint density at radius 1 is 1.12 bits per heavy atom. The average molecular weight is 452 g/mol. The van der Waals surface area contributed by atoms with Gasteiger partial charge in [-0.05, 0) is 49.3 Å². The number of ether oxygens (including phenoxy) is 1. The molecule has 1 amide bonds. The Labute approximate surface area is 190 Å². The van der Waals surface area contributed by atoms with Crippen LogP contribution in [0.1, 0.15) is 50.2 Å². The van der Waals surface area contributed by atoms with Crippen molar-refractivity contribution in [2.75, 3.05) is 11.4 Å². The molecule has 0 N–H and O–H groups in total. The van der Waals surface area contributed by atoms with Crippen molar-refractivity contribution in [2.45, 2.75) is 45.1 Å². The van der Waals surface area contributed by atoms with Gasteiger partial charge >= 0.3 is 5.97 Å². The van der Waals surface area contributed by atoms with Crippen molar-refractivity contribution in [3.63, 3.8) is 0 Å². The van der Waals surface area contributed by atoms with E-state index in [1.165, 1.54) is 16.9 Å². The molecule has 3 atom stereocenters. The quantitative estimate of drug-likeness (QED) is 0.518. The highest BCUT2D eigenvalue weighted by molar-refractivity contribution is 7.13. The van der Waals surface area contributed by atoms with Gasteiger partial charge in [-0.1, -0.05) is 37.1 Å². The first-order chi connectivity index (χ1) is 15.6. The lowest BCUT2D eigenvalue weighted by molar-refractivity contribution is -0.160. The second-order valence-corrected chi connectivity index (χ2v) is 9.32. The number of carbonyl (C=O) groups is 2. The van der Waals surface area contributed by atoms with E-state index in [0.717, 1.165) is 29.8 Å². The number of fused-ring (bicyclic) bond motifs is 1. The van der Waals surface area contributed by atoms with Gasteiger partial charge in [0.1, 0.15) is 0 Å². The van der Waals surface area contributed by atoms with Gasteiger partial charge in [0.05, 0.1) is 16.7 Å². The number of rotatable bonds is 5. The van der Waals surface area contributed by atoms with E-state index in [2.05, 4.69) is 16.3 Å². The smallest absolute Gasteiger partial charge is 0.310 e. The van der Waals surface area contributed by atoms with Gasteiger partial charge in [-0.2, -0.15) is 0 Å². The zero-order valence-electron chi connectivity index (χ0n) is 17.9. The highest BCUT2D eigenvalue weighted by Gasteiger charge is 2.41. The average Bonchev–Trinajstić information content (AvgIpc) is 3.58. The standard InChI is InChI=1S/C24H25N3O4S/c1-15(21-25-26-22(31-21)20-11-6-14-32-20)30-24(29)18-9-4-3-8-17(18)23(28)27-13-12-16-7-2-5-10-19(16)27/h2,5-7,10-11,14-15,17-18H,3-4,8-9,12-13H2,1H3. The van der Waals surface area contributed by atoms with Crippen LogP contribution in [0.25, 0.3) is 10.8 Å². The van der Waals surface area contributed by atoms with E-state index in [4.69, 9.17) is 9.15 Å². The summed E-state index contributed by atoms with van der Waals surface area (Å²) in [6, 6.07) is 11.8. The number of esters is 1. The predicted molar refractivity (Wildman–Crippen MR) is 120 cm³/mol. The maximum absolute atomic E-state index is 13.4. The molecule has 8 heteroatoms. The summed E-state index contributed by atoms with van der Waals surface area (Å²) in [6.07, 6.45) is 3.39. The highest BCUT2D eigenvalue weighted by atomic mass is 32.1. The summed E-state index contributed by atoms with van der Waals surface area (Å²) in [5.74, 6) is -0.476. The molecule has 1 fully saturated rings. The zero-order valence-corrected chi connectivity index (χ0v) is 18.7. The highest BCUT2D eigenvalue weighted by Crippen LogP contribution is 2.37. The minimum atomic E-state index is -0.672. The van der Waals surface area contributed by atoms with Crippen LogP contribution in [0.15, 0.2) is 46.2 Å². The van der Waals surface area contributed by atoms with E-state index < -0.39 is 12.0 Å². The van der Waals surface area contributed by atoms with Crippen LogP contribution in [0.3, 0.4) is 0 Å². The van der Waals surface area contributed by atoms with E-state index in [1.54, 1.807) is 6.92 Å². The fourth-order valence-electron chi connectivity index (χ4n) is 4.69. The normalized spacial score (nSPS) is 21.2. The summed E-state index contributed by atoms with van der Waals surface area (Å²) >= 11 is 1.50. The molecule has 2 aromatic heterocycles. The van der Waals surface area contributed by atoms with Crippen LogP contribution < -0.4 is 4.90 Å². The van der Waals surface area contributed by atoms with Crippen molar-refractivity contribution in [1.29, 1.82) is 0 Å². The summed E-state index contributed by atoms with van der Waals surface area (Å²) in [5.41, 5.74) is 2.15. The Kier molecular flexibility index (Phi) is 5.78. The molecule has 3 aromatic rings. The molecule has 32 heavy (non-hydrogen) atoms. The molecular weight excluding hydrogens is 426 g/mol. The minimum Gasteiger partial charge on any atom is -0.452 e. The first-order valence-corrected chi connectivity index (χ1v) is 12.0. The number of nitrogens with zero attached hydrogens (tertiary/aromatic N) is 3. The lowest BCUT2D eigenvalue weighted by Crippen LogP contribution is -2.42. The molecule has 1 aliphatic carbocycles. The molecule has 166 valence electrons. The van der Waals surface area contributed by atoms with Crippen molar-refractivity contribution < 1.29 is 18.7 Å². The van der Waals surface area contributed by atoms with Gasteiger partial charge in [-0.15, -0.1) is 21.5 Å². The number of thiophene rings is 1. The monoisotopic (exact) mass is 451 g/mol. The maximum atomic E-state index is 13.4. The van der Waals surface area contributed by atoms with Gasteiger partial charge < -0.3 is 14.1 Å². The Morgan fingerprint density at radius 3 is 2.75 bits per heavy atom. The van der Waals surface area contributed by atoms with Crippen LogP contribution in [0.5, 0.6) is 0 Å². The molecule has 3 heterocycles. The van der Waals surface area contributed by atoms with Crippen molar-refractivity contribution >= 4 is 28.9 Å². The predicted octanol–water partition coefficient (Wildman–Crippen LogP) is 4.80. The molecule has 0 radical (unpaired) electrons. The number of para-hydroxylation sites is 1. The van der Waals surface area contributed by atoms with E-state index >= 15 is 0 Å². The Morgan fingerprint density at radius 2 is 1.94 bits per heavy atom. The molecule has 3 unspecified atom stereocenters. The van der Waals surface area contributed by atoms with Crippen molar-refractivity contribution in [2.24, 2.45) is 11.8 Å². The second kappa shape index (κ2) is 8.86. The number of anilines is 1. The third kappa shape index (κ3) is 3.95. The fraction of sp³-hybridized carbons (Fsp3) is 0.417. The van der Waals surface area contributed by atoms with Gasteiger partial charge in [0.2, 0.25) is 5.91 Å². The first-order valence-electron chi connectivity index (χ1n) is 11.1. The summed E-state index contributed by atoms with van der Waals surface area (Å²) in [7, 11) is 0. The molecule has 7 nitrogen and oxygen atoms in total. The molecule has 0 spiro atoms. The van der Waals surface area contributed by atoms with Gasteiger partial charge in [0.25, 0.3) is 11.8 Å². The maximum Gasteiger partial charge on any atom is 0.310 e. The SMILES string of the molecule is CC(OC(=O)C1CCCCC1C(=O)N1CCc2ccccc21)c1nnc(-c2cccs2)o1. The number of hydrogen-bond donors (Lipinski definition) is 0. The summed E-state index contributed by atoms with van der Waals surface area (Å²) in [5, 5.41) is 10.0. The van der Waals surface area contributed by atoms with E-state index in [9.17, 15) is 9.59 Å². The van der Waals surface area contributed by atoms with Crippen LogP contribution in [0, 0.1) is 11.8 Å². The van der Waals surface area contributed by atoms with Crippen LogP contribution in [0.2, 0.25) is 0 Å². The fourth-order valence-corrected chi connectivity index (χ4v) is 5.33. The van der Waals surface area contributed by atoms with E-state index in [-0.39, 0.29) is 23.7 Å². The third-order valence-corrected chi connectivity index (χ3v) is 7.21. The van der Waals surface area contributed by atoms with Crippen LogP contribution in [-0.4, -0.2) is 28.6 Å². The molecule has 5 rings (SSSR count). The topological polar surface area (TPSA) is 85.5 Å². The van der Waals surface area contributed by atoms with E-state index in [1.807, 2.05) is 40.6 Å². The molecule has 1 aliphatic heterocycles. The zero-order chi connectivity index (χ0) is 22.1. The Bertz CT molecular complexity index is 1110. The number of hydrogen-bond acceptors (Lipinski definition) is 7. The van der Waals surface area contributed by atoms with Crippen LogP contribution >= 0.6 is 11.3 Å². The lowest BCUT2D eigenvalue weighted by Gasteiger charge is -2.32.